The summed E-state index contributed by atoms with van der Waals surface area (Å²) < 4.78 is 6.15. The van der Waals surface area contributed by atoms with Gasteiger partial charge < -0.3 is 9.72 Å². The Bertz CT molecular complexity index is 1110. The van der Waals surface area contributed by atoms with E-state index >= 15 is 0 Å². The number of carbonyl (C=O) groups excluding carboxylic acids is 2. The highest BCUT2D eigenvalue weighted by atomic mass is 16.5. The lowest BCUT2D eigenvalue weighted by Gasteiger charge is -2.55. The number of nitrogens with one attached hydrogen (secondary N) is 1. The number of benzene rings is 2. The molecular weight excluding hydrogens is 386 g/mol. The zero-order valence-corrected chi connectivity index (χ0v) is 17.6. The summed E-state index contributed by atoms with van der Waals surface area (Å²) in [5.74, 6) is 1.63. The van der Waals surface area contributed by atoms with E-state index in [9.17, 15) is 9.59 Å². The van der Waals surface area contributed by atoms with E-state index in [0.29, 0.717) is 23.3 Å². The van der Waals surface area contributed by atoms with Crippen molar-refractivity contribution in [3.8, 4) is 0 Å². The quantitative estimate of drug-likeness (QED) is 0.421. The zero-order valence-electron chi connectivity index (χ0n) is 17.6. The van der Waals surface area contributed by atoms with Crippen molar-refractivity contribution in [1.29, 1.82) is 0 Å². The molecule has 4 fully saturated rings. The largest absolute Gasteiger partial charge is 0.449 e. The third kappa shape index (κ3) is 3.12. The van der Waals surface area contributed by atoms with E-state index in [1.807, 2.05) is 54.6 Å². The van der Waals surface area contributed by atoms with Gasteiger partial charge in [-0.15, -0.1) is 0 Å². The minimum absolute atomic E-state index is 0.159. The van der Waals surface area contributed by atoms with E-state index in [1.165, 1.54) is 19.3 Å². The maximum Gasteiger partial charge on any atom is 0.313 e. The second-order valence-corrected chi connectivity index (χ2v) is 10.0. The van der Waals surface area contributed by atoms with E-state index in [-0.39, 0.29) is 17.2 Å². The standard InChI is InChI=1S/C27H27NO3/c29-24(22-16-28-23-9-5-4-8-21(22)23)25(20-6-2-1-3-7-20)31-26(30)27-13-17-10-18(14-27)12-19(11-17)15-27/h1-9,16-19,25,28H,10-15H2. The normalized spacial score (nSPS) is 29.7. The van der Waals surface area contributed by atoms with Gasteiger partial charge in [-0.05, 0) is 62.3 Å². The second-order valence-electron chi connectivity index (χ2n) is 10.0. The van der Waals surface area contributed by atoms with E-state index < -0.39 is 6.10 Å². The first kappa shape index (κ1) is 18.9. The highest BCUT2D eigenvalue weighted by Crippen LogP contribution is 2.60. The Labute approximate surface area is 182 Å². The number of esters is 1. The van der Waals surface area contributed by atoms with Crippen molar-refractivity contribution >= 4 is 22.7 Å². The van der Waals surface area contributed by atoms with Gasteiger partial charge in [0.15, 0.2) is 6.10 Å². The van der Waals surface area contributed by atoms with Crippen LogP contribution >= 0.6 is 0 Å². The minimum Gasteiger partial charge on any atom is -0.449 e. The predicted octanol–water partition coefficient (Wildman–Crippen LogP) is 5.85. The average molecular weight is 414 g/mol. The van der Waals surface area contributed by atoms with E-state index in [1.54, 1.807) is 6.20 Å². The lowest BCUT2D eigenvalue weighted by Crippen LogP contribution is -2.51. The molecule has 158 valence electrons. The molecule has 0 amide bonds. The topological polar surface area (TPSA) is 59.2 Å². The van der Waals surface area contributed by atoms with Crippen LogP contribution in [0.25, 0.3) is 10.9 Å². The molecule has 0 spiro atoms. The van der Waals surface area contributed by atoms with Gasteiger partial charge >= 0.3 is 5.97 Å². The van der Waals surface area contributed by atoms with Crippen LogP contribution in [0.2, 0.25) is 0 Å². The summed E-state index contributed by atoms with van der Waals surface area (Å²) in [5, 5.41) is 0.860. The molecule has 1 heterocycles. The van der Waals surface area contributed by atoms with Crippen LogP contribution < -0.4 is 0 Å². The third-order valence-corrected chi connectivity index (χ3v) is 7.89. The number of H-pyrrole nitrogens is 1. The van der Waals surface area contributed by atoms with Crippen LogP contribution in [0.15, 0.2) is 60.8 Å². The number of Topliss-reactive ketones (excluding diaryl/α,β-unsaturated/α-hetero) is 1. The SMILES string of the molecule is O=C(c1c[nH]c2ccccc12)C(OC(=O)C12CC3CC(CC(C3)C1)C2)c1ccccc1. The number of ketones is 1. The van der Waals surface area contributed by atoms with Gasteiger partial charge in [-0.25, -0.2) is 0 Å². The van der Waals surface area contributed by atoms with Gasteiger partial charge in [0.2, 0.25) is 5.78 Å². The van der Waals surface area contributed by atoms with E-state index in [2.05, 4.69) is 4.98 Å². The summed E-state index contributed by atoms with van der Waals surface area (Å²) in [5.41, 5.74) is 1.83. The zero-order chi connectivity index (χ0) is 21.0. The molecule has 1 N–H and O–H groups in total. The Morgan fingerprint density at radius 1 is 0.871 bits per heavy atom. The van der Waals surface area contributed by atoms with Crippen LogP contribution in [-0.2, 0) is 9.53 Å². The van der Waals surface area contributed by atoms with Gasteiger partial charge in [-0.3, -0.25) is 9.59 Å². The first-order valence-electron chi connectivity index (χ1n) is 11.5. The van der Waals surface area contributed by atoms with E-state index in [0.717, 1.165) is 35.7 Å². The van der Waals surface area contributed by atoms with E-state index in [4.69, 9.17) is 4.74 Å². The molecule has 0 aliphatic heterocycles. The molecule has 4 saturated carbocycles. The molecule has 31 heavy (non-hydrogen) atoms. The highest BCUT2D eigenvalue weighted by Gasteiger charge is 2.56. The van der Waals surface area contributed by atoms with Crippen molar-refractivity contribution in [3.05, 3.63) is 71.9 Å². The highest BCUT2D eigenvalue weighted by molar-refractivity contribution is 6.10. The third-order valence-electron chi connectivity index (χ3n) is 7.89. The molecule has 4 aliphatic carbocycles. The molecule has 0 radical (unpaired) electrons. The van der Waals surface area contributed by atoms with Gasteiger partial charge in [0.05, 0.1) is 5.41 Å². The van der Waals surface area contributed by atoms with Gasteiger partial charge in [0, 0.05) is 28.2 Å². The Balaban J connectivity index is 1.34. The number of hydrogen-bond acceptors (Lipinski definition) is 3. The number of carbonyl (C=O) groups is 2. The van der Waals surface area contributed by atoms with Crippen LogP contribution in [-0.4, -0.2) is 16.7 Å². The fourth-order valence-electron chi connectivity index (χ4n) is 6.91. The molecular formula is C27H27NO3. The molecule has 4 aliphatic rings. The number of fused-ring (bicyclic) bond motifs is 1. The first-order valence-corrected chi connectivity index (χ1v) is 11.5. The van der Waals surface area contributed by atoms with Crippen molar-refractivity contribution in [2.75, 3.05) is 0 Å². The Morgan fingerprint density at radius 2 is 1.48 bits per heavy atom. The van der Waals surface area contributed by atoms with Crippen LogP contribution in [0, 0.1) is 23.2 Å². The molecule has 4 nitrogen and oxygen atoms in total. The number of rotatable bonds is 5. The first-order chi connectivity index (χ1) is 15.1. The molecule has 1 unspecified atom stereocenters. The van der Waals surface area contributed by atoms with Crippen molar-refractivity contribution in [2.45, 2.75) is 44.6 Å². The summed E-state index contributed by atoms with van der Waals surface area (Å²) in [6.45, 7) is 0. The molecule has 4 heteroatoms. The average Bonchev–Trinajstić information content (AvgIpc) is 3.21. The Morgan fingerprint density at radius 3 is 2.16 bits per heavy atom. The summed E-state index contributed by atoms with van der Waals surface area (Å²) in [4.78, 5) is 30.5. The molecule has 2 aromatic carbocycles. The summed E-state index contributed by atoms with van der Waals surface area (Å²) >= 11 is 0. The van der Waals surface area contributed by atoms with Crippen LogP contribution in [0.1, 0.15) is 60.6 Å². The Hall–Kier alpha value is -2.88. The fourth-order valence-corrected chi connectivity index (χ4v) is 6.91. The predicted molar refractivity (Wildman–Crippen MR) is 119 cm³/mol. The van der Waals surface area contributed by atoms with Crippen molar-refractivity contribution in [2.24, 2.45) is 23.2 Å². The summed E-state index contributed by atoms with van der Waals surface area (Å²) in [6, 6.07) is 17.2. The van der Waals surface area contributed by atoms with Gasteiger partial charge in [-0.2, -0.15) is 0 Å². The number of ether oxygens (including phenoxy) is 1. The number of para-hydroxylation sites is 1. The van der Waals surface area contributed by atoms with Crippen LogP contribution in [0.4, 0.5) is 0 Å². The number of hydrogen-bond donors (Lipinski definition) is 1. The van der Waals surface area contributed by atoms with Crippen LogP contribution in [0.3, 0.4) is 0 Å². The Kier molecular flexibility index (Phi) is 4.31. The molecule has 1 atom stereocenters. The molecule has 3 aromatic rings. The number of aromatic amines is 1. The maximum absolute atomic E-state index is 13.7. The fraction of sp³-hybridized carbons (Fsp3) is 0.407. The summed E-state index contributed by atoms with van der Waals surface area (Å²) in [7, 11) is 0. The smallest absolute Gasteiger partial charge is 0.313 e. The van der Waals surface area contributed by atoms with Gasteiger partial charge in [-0.1, -0.05) is 48.5 Å². The van der Waals surface area contributed by atoms with Gasteiger partial charge in [0.1, 0.15) is 0 Å². The lowest BCUT2D eigenvalue weighted by atomic mass is 9.49. The van der Waals surface area contributed by atoms with Crippen molar-refractivity contribution in [3.63, 3.8) is 0 Å². The molecule has 1 aromatic heterocycles. The second kappa shape index (κ2) is 7.08. The lowest BCUT2D eigenvalue weighted by molar-refractivity contribution is -0.175. The molecule has 4 bridgehead atoms. The maximum atomic E-state index is 13.7. The molecule has 7 rings (SSSR count). The van der Waals surface area contributed by atoms with Crippen LogP contribution in [0.5, 0.6) is 0 Å². The van der Waals surface area contributed by atoms with Crippen molar-refractivity contribution in [1.82, 2.24) is 4.98 Å². The van der Waals surface area contributed by atoms with Crippen molar-refractivity contribution < 1.29 is 14.3 Å². The summed E-state index contributed by atoms with van der Waals surface area (Å²) in [6.07, 6.45) is 7.42. The molecule has 0 saturated heterocycles. The number of aromatic nitrogens is 1. The minimum atomic E-state index is -0.916. The van der Waals surface area contributed by atoms with Gasteiger partial charge in [0.25, 0.3) is 0 Å². The monoisotopic (exact) mass is 413 g/mol.